The monoisotopic (exact) mass is 247 g/mol. The number of anilines is 1. The van der Waals surface area contributed by atoms with E-state index in [1.807, 2.05) is 0 Å². The maximum absolute atomic E-state index is 5.39. The summed E-state index contributed by atoms with van der Waals surface area (Å²) in [6, 6.07) is 9.14. The molecular weight excluding hydrogens is 222 g/mol. The van der Waals surface area contributed by atoms with Crippen LogP contribution in [0, 0.1) is 0 Å². The Bertz CT molecular complexity index is 361. The molecule has 2 nitrogen and oxygen atoms in total. The van der Waals surface area contributed by atoms with Gasteiger partial charge in [-0.1, -0.05) is 32.9 Å². The van der Waals surface area contributed by atoms with Gasteiger partial charge >= 0.3 is 0 Å². The molecule has 1 aliphatic rings. The number of hydrogen-bond donors (Lipinski definition) is 0. The summed E-state index contributed by atoms with van der Waals surface area (Å²) >= 11 is 0. The largest absolute Gasteiger partial charge is 0.378 e. The van der Waals surface area contributed by atoms with Crippen LogP contribution < -0.4 is 4.90 Å². The maximum Gasteiger partial charge on any atom is 0.0642 e. The molecule has 1 heterocycles. The molecule has 0 amide bonds. The maximum atomic E-state index is 5.39. The summed E-state index contributed by atoms with van der Waals surface area (Å²) < 4.78 is 5.39. The van der Waals surface area contributed by atoms with Crippen LogP contribution in [0.15, 0.2) is 24.3 Å². The van der Waals surface area contributed by atoms with Crippen LogP contribution >= 0.6 is 0 Å². The van der Waals surface area contributed by atoms with Gasteiger partial charge in [-0.2, -0.15) is 0 Å². The third-order valence-corrected chi connectivity index (χ3v) is 4.50. The summed E-state index contributed by atoms with van der Waals surface area (Å²) in [4.78, 5) is 2.41. The van der Waals surface area contributed by atoms with Gasteiger partial charge in [0.25, 0.3) is 0 Å². The standard InChI is InChI=1S/C16H25NO/c1-4-16(3,5-2)14-6-8-15(9-7-14)17-10-12-18-13-11-17/h6-9H,4-5,10-13H2,1-3H3. The second kappa shape index (κ2) is 5.75. The number of nitrogens with zero attached hydrogens (tertiary/aromatic N) is 1. The van der Waals surface area contributed by atoms with Crippen LogP contribution in [0.1, 0.15) is 39.2 Å². The first-order valence-corrected chi connectivity index (χ1v) is 7.13. The Balaban J connectivity index is 2.14. The second-order valence-electron chi connectivity index (χ2n) is 5.41. The van der Waals surface area contributed by atoms with Gasteiger partial charge in [-0.25, -0.2) is 0 Å². The van der Waals surface area contributed by atoms with Crippen molar-refractivity contribution in [1.82, 2.24) is 0 Å². The normalized spacial score (nSPS) is 16.9. The summed E-state index contributed by atoms with van der Waals surface area (Å²) in [5.74, 6) is 0. The van der Waals surface area contributed by atoms with Crippen LogP contribution in [-0.2, 0) is 10.2 Å². The molecule has 2 rings (SSSR count). The van der Waals surface area contributed by atoms with E-state index in [0.29, 0.717) is 5.41 Å². The van der Waals surface area contributed by atoms with Crippen molar-refractivity contribution in [3.8, 4) is 0 Å². The molecule has 0 unspecified atom stereocenters. The van der Waals surface area contributed by atoms with Gasteiger partial charge in [-0.3, -0.25) is 0 Å². The summed E-state index contributed by atoms with van der Waals surface area (Å²) in [5.41, 5.74) is 3.12. The summed E-state index contributed by atoms with van der Waals surface area (Å²) in [5, 5.41) is 0. The predicted molar refractivity (Wildman–Crippen MR) is 77.4 cm³/mol. The van der Waals surface area contributed by atoms with Crippen molar-refractivity contribution in [3.05, 3.63) is 29.8 Å². The van der Waals surface area contributed by atoms with Gasteiger partial charge in [-0.05, 0) is 36.0 Å². The summed E-state index contributed by atoms with van der Waals surface area (Å²) in [7, 11) is 0. The Morgan fingerprint density at radius 3 is 2.11 bits per heavy atom. The lowest BCUT2D eigenvalue weighted by atomic mass is 9.78. The first kappa shape index (κ1) is 13.4. The quantitative estimate of drug-likeness (QED) is 0.806. The fraction of sp³-hybridized carbons (Fsp3) is 0.625. The van der Waals surface area contributed by atoms with E-state index in [-0.39, 0.29) is 0 Å². The Labute approximate surface area is 111 Å². The third-order valence-electron chi connectivity index (χ3n) is 4.50. The molecule has 18 heavy (non-hydrogen) atoms. The van der Waals surface area contributed by atoms with E-state index < -0.39 is 0 Å². The average Bonchev–Trinajstić information content (AvgIpc) is 2.47. The van der Waals surface area contributed by atoms with E-state index in [9.17, 15) is 0 Å². The lowest BCUT2D eigenvalue weighted by molar-refractivity contribution is 0.122. The van der Waals surface area contributed by atoms with E-state index in [4.69, 9.17) is 4.74 Å². The number of rotatable bonds is 4. The molecule has 0 radical (unpaired) electrons. The van der Waals surface area contributed by atoms with Crippen molar-refractivity contribution >= 4 is 5.69 Å². The molecule has 0 saturated carbocycles. The van der Waals surface area contributed by atoms with Crippen molar-refractivity contribution in [2.24, 2.45) is 0 Å². The highest BCUT2D eigenvalue weighted by Gasteiger charge is 2.22. The van der Waals surface area contributed by atoms with E-state index in [2.05, 4.69) is 49.9 Å². The molecule has 0 aromatic heterocycles. The van der Waals surface area contributed by atoms with E-state index in [1.54, 1.807) is 0 Å². The minimum Gasteiger partial charge on any atom is -0.378 e. The molecule has 0 N–H and O–H groups in total. The molecule has 0 spiro atoms. The average molecular weight is 247 g/mol. The molecule has 1 aliphatic heterocycles. The van der Waals surface area contributed by atoms with Crippen molar-refractivity contribution < 1.29 is 4.74 Å². The van der Waals surface area contributed by atoms with Gasteiger partial charge in [-0.15, -0.1) is 0 Å². The van der Waals surface area contributed by atoms with Crippen LogP contribution in [0.25, 0.3) is 0 Å². The van der Waals surface area contributed by atoms with Crippen LogP contribution in [0.3, 0.4) is 0 Å². The number of benzene rings is 1. The zero-order chi connectivity index (χ0) is 13.0. The van der Waals surface area contributed by atoms with Gasteiger partial charge in [0.05, 0.1) is 13.2 Å². The molecular formula is C16H25NO. The highest BCUT2D eigenvalue weighted by molar-refractivity contribution is 5.49. The first-order valence-electron chi connectivity index (χ1n) is 7.13. The van der Waals surface area contributed by atoms with Crippen LogP contribution in [-0.4, -0.2) is 26.3 Å². The molecule has 1 fully saturated rings. The van der Waals surface area contributed by atoms with Gasteiger partial charge in [0.1, 0.15) is 0 Å². The fourth-order valence-electron chi connectivity index (χ4n) is 2.55. The Hall–Kier alpha value is -1.02. The van der Waals surface area contributed by atoms with E-state index in [1.165, 1.54) is 24.1 Å². The fourth-order valence-corrected chi connectivity index (χ4v) is 2.55. The molecule has 0 bridgehead atoms. The van der Waals surface area contributed by atoms with Crippen LogP contribution in [0.2, 0.25) is 0 Å². The summed E-state index contributed by atoms with van der Waals surface area (Å²) in [6.07, 6.45) is 2.39. The predicted octanol–water partition coefficient (Wildman–Crippen LogP) is 3.60. The van der Waals surface area contributed by atoms with E-state index >= 15 is 0 Å². The summed E-state index contributed by atoms with van der Waals surface area (Å²) in [6.45, 7) is 10.6. The van der Waals surface area contributed by atoms with Crippen molar-refractivity contribution in [3.63, 3.8) is 0 Å². The van der Waals surface area contributed by atoms with Crippen molar-refractivity contribution in [2.75, 3.05) is 31.2 Å². The Morgan fingerprint density at radius 1 is 1.06 bits per heavy atom. The number of morpholine rings is 1. The van der Waals surface area contributed by atoms with Gasteiger partial charge in [0, 0.05) is 18.8 Å². The number of hydrogen-bond acceptors (Lipinski definition) is 2. The minimum absolute atomic E-state index is 0.323. The molecule has 1 aromatic rings. The first-order chi connectivity index (χ1) is 8.69. The zero-order valence-corrected chi connectivity index (χ0v) is 11.9. The van der Waals surface area contributed by atoms with Gasteiger partial charge in [0.15, 0.2) is 0 Å². The van der Waals surface area contributed by atoms with Gasteiger partial charge in [0.2, 0.25) is 0 Å². The lowest BCUT2D eigenvalue weighted by Gasteiger charge is -2.31. The highest BCUT2D eigenvalue weighted by atomic mass is 16.5. The van der Waals surface area contributed by atoms with Crippen molar-refractivity contribution in [1.29, 1.82) is 0 Å². The Kier molecular flexibility index (Phi) is 4.28. The molecule has 0 atom stereocenters. The molecule has 1 saturated heterocycles. The van der Waals surface area contributed by atoms with Crippen LogP contribution in [0.4, 0.5) is 5.69 Å². The second-order valence-corrected chi connectivity index (χ2v) is 5.41. The Morgan fingerprint density at radius 2 is 1.61 bits per heavy atom. The SMILES string of the molecule is CCC(C)(CC)c1ccc(N2CCOCC2)cc1. The molecule has 0 aliphatic carbocycles. The molecule has 100 valence electrons. The zero-order valence-electron chi connectivity index (χ0n) is 11.9. The smallest absolute Gasteiger partial charge is 0.0642 e. The third kappa shape index (κ3) is 2.69. The molecule has 2 heteroatoms. The topological polar surface area (TPSA) is 12.5 Å². The van der Waals surface area contributed by atoms with Crippen LogP contribution in [0.5, 0.6) is 0 Å². The van der Waals surface area contributed by atoms with Gasteiger partial charge < -0.3 is 9.64 Å². The lowest BCUT2D eigenvalue weighted by Crippen LogP contribution is -2.36. The minimum atomic E-state index is 0.323. The molecule has 1 aromatic carbocycles. The number of ether oxygens (including phenoxy) is 1. The van der Waals surface area contributed by atoms with E-state index in [0.717, 1.165) is 26.3 Å². The highest BCUT2D eigenvalue weighted by Crippen LogP contribution is 2.32. The van der Waals surface area contributed by atoms with Crippen molar-refractivity contribution in [2.45, 2.75) is 39.0 Å².